The van der Waals surface area contributed by atoms with Crippen molar-refractivity contribution >= 4 is 44.0 Å². The van der Waals surface area contributed by atoms with Crippen LogP contribution in [0.5, 0.6) is 0 Å². The van der Waals surface area contributed by atoms with Crippen LogP contribution in [-0.2, 0) is 0 Å². The molecule has 4 aromatic carbocycles. The lowest BCUT2D eigenvalue weighted by atomic mass is 9.84. The molecule has 0 saturated heterocycles. The first-order valence-corrected chi connectivity index (χ1v) is 7.39. The highest BCUT2D eigenvalue weighted by molar-refractivity contribution is 6.26. The Bertz CT molecular complexity index is 1110. The van der Waals surface area contributed by atoms with Gasteiger partial charge in [-0.05, 0) is 55.1 Å². The van der Waals surface area contributed by atoms with Gasteiger partial charge in [0.15, 0.2) is 0 Å². The van der Waals surface area contributed by atoms with Crippen molar-refractivity contribution in [1.82, 2.24) is 0 Å². The van der Waals surface area contributed by atoms with Gasteiger partial charge in [0, 0.05) is 0 Å². The Morgan fingerprint density at radius 2 is 1.52 bits per heavy atom. The molecular formula is C21H14. The maximum absolute atomic E-state index is 4.33. The van der Waals surface area contributed by atoms with Crippen LogP contribution in [0.3, 0.4) is 0 Å². The summed E-state index contributed by atoms with van der Waals surface area (Å²) in [7, 11) is 0. The standard InChI is InChI=1S/C21H14/c1-13-9-10-15-12-11-14-5-4-8-18-16-6-2-3-7-17(16)19(13)21(15)20(14)18/h2-8,10-12H,1,9H2. The summed E-state index contributed by atoms with van der Waals surface area (Å²) >= 11 is 0. The Hall–Kier alpha value is -2.60. The number of benzene rings is 4. The fraction of sp³-hybridized carbons (Fsp3) is 0.0476. The van der Waals surface area contributed by atoms with Gasteiger partial charge < -0.3 is 0 Å². The average Bonchev–Trinajstić information content (AvgIpc) is 2.54. The molecule has 0 spiro atoms. The molecule has 0 aliphatic heterocycles. The first kappa shape index (κ1) is 11.1. The highest BCUT2D eigenvalue weighted by Gasteiger charge is 2.17. The van der Waals surface area contributed by atoms with Crippen molar-refractivity contribution in [2.24, 2.45) is 0 Å². The molecule has 0 saturated carbocycles. The van der Waals surface area contributed by atoms with Crippen LogP contribution in [0, 0.1) is 0 Å². The topological polar surface area (TPSA) is 0 Å². The first-order valence-electron chi connectivity index (χ1n) is 7.39. The van der Waals surface area contributed by atoms with Gasteiger partial charge in [0.2, 0.25) is 0 Å². The zero-order chi connectivity index (χ0) is 14.0. The van der Waals surface area contributed by atoms with Crippen molar-refractivity contribution in [2.75, 3.05) is 0 Å². The van der Waals surface area contributed by atoms with E-state index in [-0.39, 0.29) is 0 Å². The highest BCUT2D eigenvalue weighted by atomic mass is 14.2. The van der Waals surface area contributed by atoms with Crippen LogP contribution in [0.1, 0.15) is 12.0 Å². The minimum absolute atomic E-state index is 0.949. The molecule has 0 amide bonds. The molecule has 0 nitrogen and oxygen atoms in total. The van der Waals surface area contributed by atoms with Gasteiger partial charge >= 0.3 is 0 Å². The summed E-state index contributed by atoms with van der Waals surface area (Å²) in [5.41, 5.74) is 2.59. The van der Waals surface area contributed by atoms with Crippen molar-refractivity contribution in [3.05, 3.63) is 72.0 Å². The smallest absolute Gasteiger partial charge is 0.00204 e. The summed E-state index contributed by atoms with van der Waals surface area (Å²) in [5.74, 6) is 0. The van der Waals surface area contributed by atoms with Gasteiger partial charge in [0.25, 0.3) is 0 Å². The van der Waals surface area contributed by atoms with Crippen LogP contribution < -0.4 is 5.22 Å². The van der Waals surface area contributed by atoms with Crippen LogP contribution in [0.25, 0.3) is 44.0 Å². The Kier molecular flexibility index (Phi) is 1.97. The van der Waals surface area contributed by atoms with Gasteiger partial charge in [0.1, 0.15) is 0 Å². The lowest BCUT2D eigenvalue weighted by Gasteiger charge is -2.20. The number of allylic oxidation sites excluding steroid dienone is 1. The number of hydrogen-bond donors (Lipinski definition) is 0. The van der Waals surface area contributed by atoms with E-state index < -0.39 is 0 Å². The third-order valence-electron chi connectivity index (χ3n) is 4.74. The van der Waals surface area contributed by atoms with E-state index in [2.05, 4.69) is 67.3 Å². The van der Waals surface area contributed by atoms with E-state index in [0.717, 1.165) is 6.42 Å². The fourth-order valence-corrected chi connectivity index (χ4v) is 3.83. The molecule has 21 heavy (non-hydrogen) atoms. The second-order valence-corrected chi connectivity index (χ2v) is 5.87. The van der Waals surface area contributed by atoms with Crippen molar-refractivity contribution < 1.29 is 0 Å². The van der Waals surface area contributed by atoms with Crippen molar-refractivity contribution in [3.63, 3.8) is 0 Å². The maximum Gasteiger partial charge on any atom is -0.00204 e. The van der Waals surface area contributed by atoms with E-state index in [4.69, 9.17) is 0 Å². The monoisotopic (exact) mass is 266 g/mol. The Morgan fingerprint density at radius 3 is 2.43 bits per heavy atom. The molecule has 0 radical (unpaired) electrons. The van der Waals surface area contributed by atoms with Gasteiger partial charge in [-0.25, -0.2) is 0 Å². The summed E-state index contributed by atoms with van der Waals surface area (Å²) in [6.45, 7) is 4.33. The molecule has 0 bridgehead atoms. The number of fused-ring (bicyclic) bond motifs is 3. The fourth-order valence-electron chi connectivity index (χ4n) is 3.83. The lowest BCUT2D eigenvalue weighted by Crippen LogP contribution is -2.09. The number of rotatable bonds is 0. The van der Waals surface area contributed by atoms with Crippen molar-refractivity contribution in [1.29, 1.82) is 0 Å². The van der Waals surface area contributed by atoms with Crippen LogP contribution in [0.2, 0.25) is 0 Å². The minimum atomic E-state index is 0.949. The Morgan fingerprint density at radius 1 is 0.714 bits per heavy atom. The molecular weight excluding hydrogens is 252 g/mol. The molecule has 0 N–H and O–H groups in total. The molecule has 0 unspecified atom stereocenters. The largest absolute Gasteiger partial charge is 0.0949 e. The molecule has 1 aliphatic carbocycles. The van der Waals surface area contributed by atoms with Gasteiger partial charge in [0.05, 0.1) is 0 Å². The summed E-state index contributed by atoms with van der Waals surface area (Å²) in [6, 6.07) is 19.8. The maximum atomic E-state index is 4.33. The van der Waals surface area contributed by atoms with E-state index >= 15 is 0 Å². The molecule has 0 fully saturated rings. The van der Waals surface area contributed by atoms with E-state index in [9.17, 15) is 0 Å². The zero-order valence-corrected chi connectivity index (χ0v) is 11.7. The quantitative estimate of drug-likeness (QED) is 0.308. The molecule has 0 aromatic heterocycles. The summed E-state index contributed by atoms with van der Waals surface area (Å²) in [5, 5.41) is 9.48. The average molecular weight is 266 g/mol. The molecule has 0 atom stereocenters. The Labute approximate surface area is 123 Å². The highest BCUT2D eigenvalue weighted by Crippen LogP contribution is 2.40. The molecule has 98 valence electrons. The van der Waals surface area contributed by atoms with Crippen molar-refractivity contribution in [2.45, 2.75) is 6.42 Å². The molecule has 0 heterocycles. The predicted molar refractivity (Wildman–Crippen MR) is 92.3 cm³/mol. The molecule has 4 aromatic rings. The molecule has 0 heteroatoms. The molecule has 1 aliphatic rings. The third-order valence-corrected chi connectivity index (χ3v) is 4.74. The van der Waals surface area contributed by atoms with Crippen LogP contribution in [-0.4, -0.2) is 0 Å². The van der Waals surface area contributed by atoms with E-state index in [0.29, 0.717) is 0 Å². The van der Waals surface area contributed by atoms with Crippen molar-refractivity contribution in [3.8, 4) is 0 Å². The SMILES string of the molecule is C=C1CC=c2ccc3cccc4c5ccccc5c1c2c34. The molecule has 5 rings (SSSR count). The predicted octanol–water partition coefficient (Wildman–Crippen LogP) is 5.06. The zero-order valence-electron chi connectivity index (χ0n) is 11.7. The van der Waals surface area contributed by atoms with Crippen LogP contribution >= 0.6 is 0 Å². The summed E-state index contributed by atoms with van der Waals surface area (Å²) < 4.78 is 0. The summed E-state index contributed by atoms with van der Waals surface area (Å²) in [6.07, 6.45) is 3.26. The van der Waals surface area contributed by atoms with E-state index in [1.807, 2.05) is 0 Å². The van der Waals surface area contributed by atoms with Gasteiger partial charge in [-0.3, -0.25) is 0 Å². The third kappa shape index (κ3) is 1.30. The summed E-state index contributed by atoms with van der Waals surface area (Å²) in [4.78, 5) is 0. The van der Waals surface area contributed by atoms with Gasteiger partial charge in [-0.15, -0.1) is 0 Å². The Balaban J connectivity index is 2.30. The van der Waals surface area contributed by atoms with Crippen LogP contribution in [0.4, 0.5) is 0 Å². The lowest BCUT2D eigenvalue weighted by molar-refractivity contribution is 1.46. The normalized spacial score (nSPS) is 14.0. The second-order valence-electron chi connectivity index (χ2n) is 5.87. The first-order chi connectivity index (χ1) is 10.3. The van der Waals surface area contributed by atoms with Gasteiger partial charge in [-0.2, -0.15) is 0 Å². The minimum Gasteiger partial charge on any atom is -0.0949 e. The number of hydrogen-bond acceptors (Lipinski definition) is 0. The second kappa shape index (κ2) is 3.73. The van der Waals surface area contributed by atoms with Crippen LogP contribution in [0.15, 0.2) is 61.2 Å². The van der Waals surface area contributed by atoms with Gasteiger partial charge in [-0.1, -0.05) is 67.3 Å². The van der Waals surface area contributed by atoms with E-state index in [1.165, 1.54) is 48.7 Å². The van der Waals surface area contributed by atoms with E-state index in [1.54, 1.807) is 0 Å².